The van der Waals surface area contributed by atoms with Gasteiger partial charge in [0.15, 0.2) is 11.7 Å². The molecular weight excluding hydrogens is 622 g/mol. The van der Waals surface area contributed by atoms with E-state index in [-0.39, 0.29) is 24.6 Å². The van der Waals surface area contributed by atoms with Crippen molar-refractivity contribution in [2.45, 2.75) is 25.9 Å². The highest BCUT2D eigenvalue weighted by atomic mass is 79.9. The molecule has 9 heteroatoms. The molecule has 43 heavy (non-hydrogen) atoms. The lowest BCUT2D eigenvalue weighted by molar-refractivity contribution is -0.118. The fraction of sp³-hybridized carbons (Fsp3) is 0.147. The van der Waals surface area contributed by atoms with Crippen molar-refractivity contribution in [2.75, 3.05) is 16.8 Å². The van der Waals surface area contributed by atoms with Crippen LogP contribution in [0.3, 0.4) is 0 Å². The number of hydrogen-bond acceptors (Lipinski definition) is 4. The number of carbonyl (C=O) groups excluding carboxylic acids is 1. The van der Waals surface area contributed by atoms with Crippen LogP contribution in [-0.4, -0.2) is 27.2 Å². The van der Waals surface area contributed by atoms with Gasteiger partial charge in [-0.1, -0.05) is 46.3 Å². The van der Waals surface area contributed by atoms with Gasteiger partial charge in [-0.2, -0.15) is 0 Å². The monoisotopic (exact) mass is 651 g/mol. The smallest absolute Gasteiger partial charge is 0.262 e. The zero-order chi connectivity index (χ0) is 29.9. The number of pyridine rings is 1. The fourth-order valence-electron chi connectivity index (χ4n) is 5.62. The second-order valence-electron chi connectivity index (χ2n) is 10.3. The van der Waals surface area contributed by atoms with Crippen LogP contribution in [0.5, 0.6) is 5.75 Å². The Morgan fingerprint density at radius 3 is 2.44 bits per heavy atom. The molecular formula is C34H30BrN5O2S. The van der Waals surface area contributed by atoms with E-state index in [1.807, 2.05) is 91.1 Å². The molecule has 1 saturated heterocycles. The van der Waals surface area contributed by atoms with Crippen LogP contribution in [0.25, 0.3) is 5.69 Å². The molecule has 0 bridgehead atoms. The number of aromatic nitrogens is 2. The van der Waals surface area contributed by atoms with E-state index >= 15 is 0 Å². The molecule has 6 rings (SSSR count). The van der Waals surface area contributed by atoms with E-state index in [1.165, 1.54) is 0 Å². The molecule has 7 nitrogen and oxygen atoms in total. The minimum Gasteiger partial charge on any atom is -0.484 e. The van der Waals surface area contributed by atoms with Crippen molar-refractivity contribution in [3.8, 4) is 11.4 Å². The Labute approximate surface area is 264 Å². The van der Waals surface area contributed by atoms with Gasteiger partial charge in [0.1, 0.15) is 5.75 Å². The number of ether oxygens (including phenoxy) is 1. The molecule has 3 aromatic carbocycles. The van der Waals surface area contributed by atoms with Crippen LogP contribution in [-0.2, 0) is 4.79 Å². The van der Waals surface area contributed by atoms with Gasteiger partial charge in [-0.3, -0.25) is 9.78 Å². The minimum atomic E-state index is -0.233. The number of nitrogens with zero attached hydrogens (tertiary/aromatic N) is 3. The third-order valence-corrected chi connectivity index (χ3v) is 8.30. The largest absolute Gasteiger partial charge is 0.484 e. The number of amides is 1. The van der Waals surface area contributed by atoms with E-state index in [0.29, 0.717) is 16.5 Å². The molecule has 1 amide bonds. The first-order chi connectivity index (χ1) is 20.9. The molecule has 0 unspecified atom stereocenters. The Balaban J connectivity index is 1.31. The lowest BCUT2D eigenvalue weighted by Gasteiger charge is -2.28. The highest BCUT2D eigenvalue weighted by Crippen LogP contribution is 2.44. The molecule has 0 aliphatic carbocycles. The third-order valence-electron chi connectivity index (χ3n) is 7.50. The summed E-state index contributed by atoms with van der Waals surface area (Å²) in [6.07, 6.45) is 1.81. The van der Waals surface area contributed by atoms with Crippen molar-refractivity contribution in [3.05, 3.63) is 136 Å². The Bertz CT molecular complexity index is 1760. The highest BCUT2D eigenvalue weighted by Gasteiger charge is 2.42. The first-order valence-electron chi connectivity index (χ1n) is 13.9. The number of hydrogen-bond donors (Lipinski definition) is 2. The zero-order valence-electron chi connectivity index (χ0n) is 23.7. The molecule has 0 saturated carbocycles. The molecule has 0 radical (unpaired) electrons. The molecule has 1 aliphatic heterocycles. The van der Waals surface area contributed by atoms with Gasteiger partial charge in [-0.25, -0.2) is 0 Å². The molecule has 2 aromatic heterocycles. The molecule has 1 aliphatic rings. The summed E-state index contributed by atoms with van der Waals surface area (Å²) in [6, 6.07) is 33.1. The Hall–Kier alpha value is -4.47. The van der Waals surface area contributed by atoms with Crippen LogP contribution in [0, 0.1) is 13.8 Å². The number of nitrogens with one attached hydrogen (secondary N) is 2. The van der Waals surface area contributed by atoms with Gasteiger partial charge < -0.3 is 24.8 Å². The average Bonchev–Trinajstić information content (AvgIpc) is 3.52. The van der Waals surface area contributed by atoms with Gasteiger partial charge in [0.25, 0.3) is 5.91 Å². The van der Waals surface area contributed by atoms with Crippen molar-refractivity contribution < 1.29 is 9.53 Å². The summed E-state index contributed by atoms with van der Waals surface area (Å²) >= 11 is 9.56. The van der Waals surface area contributed by atoms with Gasteiger partial charge in [0.2, 0.25) is 0 Å². The Morgan fingerprint density at radius 1 is 0.953 bits per heavy atom. The Kier molecular flexibility index (Phi) is 8.26. The standard InChI is InChI=1S/C34H30BrN5O2S/c1-22-19-29(23(2)39(22)27-10-8-9-24(35)20-27)33-32(30-13-6-7-18-36-30)38-34(43)40(33)26-16-14-25(15-17-26)37-31(41)21-42-28-11-4-3-5-12-28/h3-20,32-33H,21H2,1-2H3,(H,37,41)(H,38,43)/t32-,33+/m1/s1. The number of carbonyl (C=O) groups is 1. The minimum absolute atomic E-state index is 0.0761. The van der Waals surface area contributed by atoms with E-state index in [9.17, 15) is 4.79 Å². The summed E-state index contributed by atoms with van der Waals surface area (Å²) in [4.78, 5) is 19.4. The number of halogens is 1. The van der Waals surface area contributed by atoms with Crippen molar-refractivity contribution in [1.82, 2.24) is 14.9 Å². The quantitative estimate of drug-likeness (QED) is 0.170. The molecule has 5 aromatic rings. The van der Waals surface area contributed by atoms with Crippen LogP contribution in [0.15, 0.2) is 114 Å². The number of para-hydroxylation sites is 1. The van der Waals surface area contributed by atoms with Gasteiger partial charge in [-0.15, -0.1) is 0 Å². The normalized spacial score (nSPS) is 16.2. The first kappa shape index (κ1) is 28.6. The van der Waals surface area contributed by atoms with Crippen LogP contribution in [0.4, 0.5) is 11.4 Å². The summed E-state index contributed by atoms with van der Waals surface area (Å²) in [5, 5.41) is 7.07. The molecule has 216 valence electrons. The summed E-state index contributed by atoms with van der Waals surface area (Å²) in [5.74, 6) is 0.416. The van der Waals surface area contributed by atoms with Crippen LogP contribution >= 0.6 is 28.1 Å². The molecule has 3 heterocycles. The zero-order valence-corrected chi connectivity index (χ0v) is 26.1. The summed E-state index contributed by atoms with van der Waals surface area (Å²) in [6.45, 7) is 4.19. The Morgan fingerprint density at radius 2 is 1.72 bits per heavy atom. The lowest BCUT2D eigenvalue weighted by Crippen LogP contribution is -2.29. The molecule has 2 N–H and O–H groups in total. The fourth-order valence-corrected chi connectivity index (χ4v) is 6.35. The molecule has 0 spiro atoms. The summed E-state index contributed by atoms with van der Waals surface area (Å²) in [5.41, 5.74) is 6.98. The number of thiocarbonyl (C=S) groups is 1. The molecule has 1 fully saturated rings. The first-order valence-corrected chi connectivity index (χ1v) is 15.1. The highest BCUT2D eigenvalue weighted by molar-refractivity contribution is 9.10. The summed E-state index contributed by atoms with van der Waals surface area (Å²) < 4.78 is 8.87. The van der Waals surface area contributed by atoms with E-state index in [4.69, 9.17) is 21.9 Å². The predicted molar refractivity (Wildman–Crippen MR) is 178 cm³/mol. The topological polar surface area (TPSA) is 71.4 Å². The van der Waals surface area contributed by atoms with Crippen molar-refractivity contribution >= 4 is 50.5 Å². The maximum absolute atomic E-state index is 12.5. The SMILES string of the molecule is Cc1cc([C@H]2[C@@H](c3ccccn3)NC(=S)N2c2ccc(NC(=O)COc3ccccc3)cc2)c(C)n1-c1cccc(Br)c1. The maximum Gasteiger partial charge on any atom is 0.262 e. The molecule has 2 atom stereocenters. The van der Waals surface area contributed by atoms with Gasteiger partial charge in [0, 0.05) is 39.1 Å². The van der Waals surface area contributed by atoms with Crippen LogP contribution < -0.4 is 20.3 Å². The van der Waals surface area contributed by atoms with E-state index < -0.39 is 0 Å². The number of benzene rings is 3. The number of rotatable bonds is 8. The number of anilines is 2. The van der Waals surface area contributed by atoms with Gasteiger partial charge in [0.05, 0.1) is 17.8 Å². The predicted octanol–water partition coefficient (Wildman–Crippen LogP) is 7.45. The van der Waals surface area contributed by atoms with Crippen LogP contribution in [0.2, 0.25) is 0 Å². The van der Waals surface area contributed by atoms with Crippen LogP contribution in [0.1, 0.15) is 34.7 Å². The van der Waals surface area contributed by atoms with E-state index in [0.717, 1.165) is 38.5 Å². The van der Waals surface area contributed by atoms with Crippen molar-refractivity contribution in [3.63, 3.8) is 0 Å². The van der Waals surface area contributed by atoms with Crippen molar-refractivity contribution in [1.29, 1.82) is 0 Å². The van der Waals surface area contributed by atoms with Crippen molar-refractivity contribution in [2.24, 2.45) is 0 Å². The summed E-state index contributed by atoms with van der Waals surface area (Å²) in [7, 11) is 0. The second kappa shape index (κ2) is 12.4. The maximum atomic E-state index is 12.5. The van der Waals surface area contributed by atoms with Gasteiger partial charge >= 0.3 is 0 Å². The lowest BCUT2D eigenvalue weighted by atomic mass is 9.96. The van der Waals surface area contributed by atoms with E-state index in [1.54, 1.807) is 0 Å². The van der Waals surface area contributed by atoms with E-state index in [2.05, 4.69) is 68.1 Å². The van der Waals surface area contributed by atoms with Gasteiger partial charge in [-0.05, 0) is 104 Å². The average molecular weight is 653 g/mol. The third kappa shape index (κ3) is 6.04. The second-order valence-corrected chi connectivity index (χ2v) is 11.6. The number of aryl methyl sites for hydroxylation is 1.